The van der Waals surface area contributed by atoms with Gasteiger partial charge >= 0.3 is 0 Å². The molecule has 0 aliphatic carbocycles. The number of aromatic nitrogens is 5. The van der Waals surface area contributed by atoms with E-state index in [1.807, 2.05) is 42.7 Å². The van der Waals surface area contributed by atoms with Crippen molar-refractivity contribution in [3.8, 4) is 0 Å². The zero-order chi connectivity index (χ0) is 12.7. The minimum Gasteiger partial charge on any atom is -0.293 e. The third kappa shape index (κ3) is 1.77. The molecule has 6 heteroatoms. The first-order valence-corrected chi connectivity index (χ1v) is 6.71. The lowest BCUT2D eigenvalue weighted by Gasteiger charge is -1.90. The minimum atomic E-state index is 0.671. The molecule has 0 fully saturated rings. The maximum Gasteiger partial charge on any atom is 0.207 e. The van der Waals surface area contributed by atoms with Gasteiger partial charge in [-0.1, -0.05) is 6.07 Å². The topological polar surface area (TPSA) is 58.3 Å². The van der Waals surface area contributed by atoms with E-state index in [9.17, 15) is 0 Å². The molecule has 0 bridgehead atoms. The van der Waals surface area contributed by atoms with Crippen LogP contribution in [0.4, 0.5) is 0 Å². The number of fused-ring (bicyclic) bond motifs is 3. The van der Waals surface area contributed by atoms with Gasteiger partial charge in [0.25, 0.3) is 0 Å². The maximum absolute atomic E-state index is 4.60. The number of rotatable bonds is 2. The predicted molar refractivity (Wildman–Crippen MR) is 72.8 cm³/mol. The molecule has 0 amide bonds. The van der Waals surface area contributed by atoms with Gasteiger partial charge in [-0.15, -0.1) is 0 Å². The van der Waals surface area contributed by atoms with Crippen LogP contribution in [0.5, 0.6) is 0 Å². The first kappa shape index (κ1) is 10.6. The van der Waals surface area contributed by atoms with Gasteiger partial charge < -0.3 is 0 Å². The van der Waals surface area contributed by atoms with Crippen LogP contribution in [0.15, 0.2) is 42.7 Å². The van der Waals surface area contributed by atoms with E-state index in [1.54, 1.807) is 0 Å². The molecule has 3 aromatic heterocycles. The van der Waals surface area contributed by atoms with Crippen LogP contribution in [0.2, 0.25) is 0 Å². The van der Waals surface area contributed by atoms with Crippen molar-refractivity contribution in [1.29, 1.82) is 0 Å². The number of nitrogens with one attached hydrogen (secondary N) is 1. The van der Waals surface area contributed by atoms with Gasteiger partial charge in [0.15, 0.2) is 18.2 Å². The highest BCUT2D eigenvalue weighted by Gasteiger charge is 2.12. The van der Waals surface area contributed by atoms with Gasteiger partial charge in [0.2, 0.25) is 6.54 Å². The second-order valence-electron chi connectivity index (χ2n) is 4.30. The van der Waals surface area contributed by atoms with Gasteiger partial charge in [-0.25, -0.2) is 9.97 Å². The van der Waals surface area contributed by atoms with Crippen molar-refractivity contribution < 1.29 is 4.57 Å². The smallest absolute Gasteiger partial charge is 0.207 e. The largest absolute Gasteiger partial charge is 0.293 e. The molecule has 4 rings (SSSR count). The van der Waals surface area contributed by atoms with Gasteiger partial charge in [0.05, 0.1) is 11.0 Å². The van der Waals surface area contributed by atoms with Crippen molar-refractivity contribution in [2.24, 2.45) is 0 Å². The van der Waals surface area contributed by atoms with Crippen molar-refractivity contribution in [1.82, 2.24) is 18.7 Å². The Morgan fingerprint density at radius 3 is 2.84 bits per heavy atom. The Kier molecular flexibility index (Phi) is 2.28. The molecule has 0 aliphatic heterocycles. The van der Waals surface area contributed by atoms with Gasteiger partial charge in [-0.3, -0.25) is 4.37 Å². The quantitative estimate of drug-likeness (QED) is 0.565. The zero-order valence-corrected chi connectivity index (χ0v) is 10.8. The van der Waals surface area contributed by atoms with E-state index in [2.05, 4.69) is 23.3 Å². The molecule has 0 aliphatic rings. The molecule has 4 aromatic rings. The second-order valence-corrected chi connectivity index (χ2v) is 4.87. The Morgan fingerprint density at radius 1 is 1.05 bits per heavy atom. The molecule has 5 nitrogen and oxygen atoms in total. The highest BCUT2D eigenvalue weighted by Crippen LogP contribution is 2.21. The number of pyridine rings is 1. The monoisotopic (exact) mass is 268 g/mol. The van der Waals surface area contributed by atoms with E-state index in [0.717, 1.165) is 27.9 Å². The zero-order valence-electron chi connectivity index (χ0n) is 9.95. The highest BCUT2D eigenvalue weighted by molar-refractivity contribution is 7.00. The van der Waals surface area contributed by atoms with E-state index < -0.39 is 0 Å². The van der Waals surface area contributed by atoms with Crippen molar-refractivity contribution in [2.75, 3.05) is 0 Å². The van der Waals surface area contributed by atoms with Crippen LogP contribution < -0.4 is 4.57 Å². The minimum absolute atomic E-state index is 0.671. The Balaban J connectivity index is 1.83. The van der Waals surface area contributed by atoms with Crippen molar-refractivity contribution in [3.63, 3.8) is 0 Å². The van der Waals surface area contributed by atoms with Crippen LogP contribution in [-0.2, 0) is 6.54 Å². The van der Waals surface area contributed by atoms with Crippen LogP contribution in [0.1, 0.15) is 5.82 Å². The summed E-state index contributed by atoms with van der Waals surface area (Å²) in [5.41, 5.74) is 3.69. The summed E-state index contributed by atoms with van der Waals surface area (Å²) in [4.78, 5) is 9.16. The Hall–Kier alpha value is -2.34. The number of H-pyrrole nitrogens is 1. The molecule has 92 valence electrons. The van der Waals surface area contributed by atoms with Crippen LogP contribution in [-0.4, -0.2) is 18.7 Å². The van der Waals surface area contributed by atoms with Crippen LogP contribution in [0.25, 0.3) is 22.1 Å². The van der Waals surface area contributed by atoms with Crippen LogP contribution >= 0.6 is 11.7 Å². The Morgan fingerprint density at radius 2 is 1.95 bits per heavy atom. The fourth-order valence-corrected chi connectivity index (χ4v) is 2.71. The molecule has 1 aromatic carbocycles. The summed E-state index contributed by atoms with van der Waals surface area (Å²) in [6, 6.07) is 9.96. The van der Waals surface area contributed by atoms with Gasteiger partial charge in [-0.05, 0) is 12.1 Å². The third-order valence-electron chi connectivity index (χ3n) is 3.01. The SMILES string of the molecule is c1cc[n+](Cc2nc3ccc4[nH]snc4c3n2)cc1. The molecule has 1 N–H and O–H groups in total. The van der Waals surface area contributed by atoms with E-state index >= 15 is 0 Å². The Bertz CT molecular complexity index is 849. The molecule has 19 heavy (non-hydrogen) atoms. The summed E-state index contributed by atoms with van der Waals surface area (Å²) in [5.74, 6) is 0.812. The molecule has 0 unspecified atom stereocenters. The van der Waals surface area contributed by atoms with E-state index in [-0.39, 0.29) is 0 Å². The maximum atomic E-state index is 4.60. The van der Waals surface area contributed by atoms with Gasteiger partial charge in [0, 0.05) is 23.9 Å². The van der Waals surface area contributed by atoms with Gasteiger partial charge in [0.1, 0.15) is 11.0 Å². The highest BCUT2D eigenvalue weighted by atomic mass is 32.1. The van der Waals surface area contributed by atoms with Crippen molar-refractivity contribution in [2.45, 2.75) is 6.54 Å². The van der Waals surface area contributed by atoms with Crippen molar-refractivity contribution in [3.05, 3.63) is 48.5 Å². The average Bonchev–Trinajstić information content (AvgIpc) is 3.04. The van der Waals surface area contributed by atoms with Gasteiger partial charge in [-0.2, -0.15) is 8.94 Å². The average molecular weight is 268 g/mol. The number of imidazole rings is 1. The normalized spacial score (nSPS) is 11.4. The van der Waals surface area contributed by atoms with E-state index in [1.165, 1.54) is 11.7 Å². The summed E-state index contributed by atoms with van der Waals surface area (Å²) < 4.78 is 9.53. The molecular formula is C13H10N5S+. The first-order chi connectivity index (χ1) is 9.40. The lowest BCUT2D eigenvalue weighted by Crippen LogP contribution is -2.33. The molecule has 0 saturated carbocycles. The number of hydrogen-bond donors (Lipinski definition) is 1. The molecule has 3 heterocycles. The lowest BCUT2D eigenvalue weighted by atomic mass is 10.3. The van der Waals surface area contributed by atoms with E-state index in [0.29, 0.717) is 6.54 Å². The number of nitrogens with zero attached hydrogens (tertiary/aromatic N) is 4. The fourth-order valence-electron chi connectivity index (χ4n) is 2.13. The fraction of sp³-hybridized carbons (Fsp3) is 0.0769. The molecule has 0 radical (unpaired) electrons. The molecule has 0 spiro atoms. The summed E-state index contributed by atoms with van der Waals surface area (Å²) in [6.45, 7) is 0.671. The predicted octanol–water partition coefficient (Wildman–Crippen LogP) is 1.90. The molecular weight excluding hydrogens is 258 g/mol. The van der Waals surface area contributed by atoms with Crippen molar-refractivity contribution >= 4 is 33.8 Å². The molecule has 0 saturated heterocycles. The summed E-state index contributed by atoms with van der Waals surface area (Å²) in [5, 5.41) is 0. The summed E-state index contributed by atoms with van der Waals surface area (Å²) in [6.07, 6.45) is 4.01. The van der Waals surface area contributed by atoms with Crippen LogP contribution in [0.3, 0.4) is 0 Å². The number of aromatic amines is 1. The number of hydrogen-bond acceptors (Lipinski definition) is 4. The Labute approximate surface area is 112 Å². The third-order valence-corrected chi connectivity index (χ3v) is 3.60. The van der Waals surface area contributed by atoms with E-state index in [4.69, 9.17) is 0 Å². The second kappa shape index (κ2) is 4.10. The summed E-state index contributed by atoms with van der Waals surface area (Å²) in [7, 11) is 0. The lowest BCUT2D eigenvalue weighted by molar-refractivity contribution is -0.689. The summed E-state index contributed by atoms with van der Waals surface area (Å²) >= 11 is 1.33. The number of benzene rings is 1. The standard InChI is InChI=1S/C13H10N5S/c1-2-6-18(7-3-1)8-11-14-9-4-5-10-13(12(9)15-11)17-19-16-10/h1-7,16H,8H2/q+1. The first-order valence-electron chi connectivity index (χ1n) is 5.93. The van der Waals surface area contributed by atoms with Crippen LogP contribution in [0, 0.1) is 0 Å². The molecule has 0 atom stereocenters.